The Hall–Kier alpha value is -2.11. The number of ether oxygens (including phenoxy) is 1. The third kappa shape index (κ3) is 3.07. The molecule has 0 unspecified atom stereocenters. The minimum Gasteiger partial charge on any atom is -0.481 e. The highest BCUT2D eigenvalue weighted by molar-refractivity contribution is 5.75. The number of hydrogen-bond donors (Lipinski definition) is 1. The number of carboxylic acid groups (broad SMARTS) is 1. The first kappa shape index (κ1) is 14.3. The van der Waals surface area contributed by atoms with E-state index in [2.05, 4.69) is 0 Å². The zero-order valence-electron chi connectivity index (χ0n) is 10.9. The predicted octanol–water partition coefficient (Wildman–Crippen LogP) is 2.07. The first-order valence-electron chi connectivity index (χ1n) is 6.39. The molecule has 6 heteroatoms. The van der Waals surface area contributed by atoms with Crippen LogP contribution in [0.15, 0.2) is 30.3 Å². The third-order valence-electron chi connectivity index (χ3n) is 3.46. The van der Waals surface area contributed by atoms with Crippen LogP contribution in [0, 0.1) is 5.92 Å². The van der Waals surface area contributed by atoms with Gasteiger partial charge in [-0.1, -0.05) is 30.3 Å². The smallest absolute Gasteiger partial charge is 0.410 e. The van der Waals surface area contributed by atoms with Crippen molar-refractivity contribution in [2.24, 2.45) is 5.92 Å². The van der Waals surface area contributed by atoms with Crippen molar-refractivity contribution in [3.05, 3.63) is 35.9 Å². The van der Waals surface area contributed by atoms with Crippen LogP contribution in [0.25, 0.3) is 0 Å². The summed E-state index contributed by atoms with van der Waals surface area (Å²) in [5, 5.41) is 8.98. The van der Waals surface area contributed by atoms with Gasteiger partial charge in [-0.25, -0.2) is 9.18 Å². The van der Waals surface area contributed by atoms with Gasteiger partial charge in [-0.3, -0.25) is 4.79 Å². The Bertz CT molecular complexity index is 479. The molecule has 1 amide bonds. The van der Waals surface area contributed by atoms with E-state index in [1.54, 1.807) is 0 Å². The van der Waals surface area contributed by atoms with E-state index in [1.807, 2.05) is 30.3 Å². The van der Waals surface area contributed by atoms with Crippen LogP contribution in [0.4, 0.5) is 9.18 Å². The van der Waals surface area contributed by atoms with E-state index in [0.717, 1.165) is 5.56 Å². The fourth-order valence-corrected chi connectivity index (χ4v) is 2.36. The molecule has 0 radical (unpaired) electrons. The number of benzene rings is 1. The molecule has 1 fully saturated rings. The largest absolute Gasteiger partial charge is 0.481 e. The van der Waals surface area contributed by atoms with Crippen LogP contribution in [0.1, 0.15) is 12.0 Å². The maximum absolute atomic E-state index is 13.0. The van der Waals surface area contributed by atoms with Crippen molar-refractivity contribution in [1.82, 2.24) is 4.90 Å². The summed E-state index contributed by atoms with van der Waals surface area (Å²) in [4.78, 5) is 24.0. The Morgan fingerprint density at radius 2 is 2.05 bits per heavy atom. The second kappa shape index (κ2) is 6.36. The first-order chi connectivity index (χ1) is 9.63. The van der Waals surface area contributed by atoms with Gasteiger partial charge in [0.1, 0.15) is 13.3 Å². The SMILES string of the molecule is O=C(O)[C@@H]1CCN(C(=O)OCc2ccccc2)[C@H]1CF. The van der Waals surface area contributed by atoms with Gasteiger partial charge in [0, 0.05) is 6.54 Å². The van der Waals surface area contributed by atoms with Crippen LogP contribution in [0.3, 0.4) is 0 Å². The number of carbonyl (C=O) groups is 2. The molecule has 0 aromatic heterocycles. The van der Waals surface area contributed by atoms with E-state index in [1.165, 1.54) is 4.90 Å². The summed E-state index contributed by atoms with van der Waals surface area (Å²) in [7, 11) is 0. The molecule has 1 N–H and O–H groups in total. The molecule has 5 nitrogen and oxygen atoms in total. The van der Waals surface area contributed by atoms with Gasteiger partial charge in [0.25, 0.3) is 0 Å². The Labute approximate surface area is 116 Å². The van der Waals surface area contributed by atoms with Crippen LogP contribution < -0.4 is 0 Å². The maximum atomic E-state index is 13.0. The lowest BCUT2D eigenvalue weighted by Gasteiger charge is -2.23. The summed E-state index contributed by atoms with van der Waals surface area (Å²) < 4.78 is 18.1. The van der Waals surface area contributed by atoms with Crippen molar-refractivity contribution in [2.45, 2.75) is 19.1 Å². The van der Waals surface area contributed by atoms with E-state index in [4.69, 9.17) is 9.84 Å². The molecule has 20 heavy (non-hydrogen) atoms. The second-order valence-corrected chi connectivity index (χ2v) is 4.69. The van der Waals surface area contributed by atoms with Crippen molar-refractivity contribution in [3.63, 3.8) is 0 Å². The van der Waals surface area contributed by atoms with Crippen LogP contribution >= 0.6 is 0 Å². The number of halogens is 1. The quantitative estimate of drug-likeness (QED) is 0.917. The Morgan fingerprint density at radius 1 is 1.35 bits per heavy atom. The average Bonchev–Trinajstić information content (AvgIpc) is 2.90. The summed E-state index contributed by atoms with van der Waals surface area (Å²) in [5.41, 5.74) is 0.826. The highest BCUT2D eigenvalue weighted by Crippen LogP contribution is 2.26. The number of amides is 1. The van der Waals surface area contributed by atoms with E-state index in [-0.39, 0.29) is 19.6 Å². The number of hydrogen-bond acceptors (Lipinski definition) is 3. The number of alkyl halides is 1. The van der Waals surface area contributed by atoms with E-state index >= 15 is 0 Å². The molecule has 1 aromatic rings. The lowest BCUT2D eigenvalue weighted by atomic mass is 10.0. The minimum atomic E-state index is -1.08. The van der Waals surface area contributed by atoms with E-state index in [9.17, 15) is 14.0 Å². The maximum Gasteiger partial charge on any atom is 0.410 e. The first-order valence-corrected chi connectivity index (χ1v) is 6.39. The molecule has 2 rings (SSSR count). The lowest BCUT2D eigenvalue weighted by Crippen LogP contribution is -2.41. The Morgan fingerprint density at radius 3 is 2.65 bits per heavy atom. The molecule has 0 aliphatic carbocycles. The minimum absolute atomic E-state index is 0.0902. The topological polar surface area (TPSA) is 66.8 Å². The number of aliphatic carboxylic acids is 1. The van der Waals surface area contributed by atoms with Crippen molar-refractivity contribution in [3.8, 4) is 0 Å². The van der Waals surface area contributed by atoms with Gasteiger partial charge in [-0.15, -0.1) is 0 Å². The number of likely N-dealkylation sites (tertiary alicyclic amines) is 1. The van der Waals surface area contributed by atoms with E-state index in [0.29, 0.717) is 0 Å². The molecule has 1 heterocycles. The van der Waals surface area contributed by atoms with Crippen molar-refractivity contribution in [2.75, 3.05) is 13.2 Å². The fourth-order valence-electron chi connectivity index (χ4n) is 2.36. The third-order valence-corrected chi connectivity index (χ3v) is 3.46. The Kier molecular flexibility index (Phi) is 4.55. The molecule has 0 bridgehead atoms. The van der Waals surface area contributed by atoms with Gasteiger partial charge in [0.2, 0.25) is 0 Å². The molecule has 2 atom stereocenters. The van der Waals surface area contributed by atoms with Gasteiger partial charge < -0.3 is 14.7 Å². The molecule has 1 aliphatic heterocycles. The van der Waals surface area contributed by atoms with Crippen LogP contribution in [-0.2, 0) is 16.1 Å². The van der Waals surface area contributed by atoms with Crippen LogP contribution in [0.5, 0.6) is 0 Å². The van der Waals surface area contributed by atoms with Crippen molar-refractivity contribution in [1.29, 1.82) is 0 Å². The second-order valence-electron chi connectivity index (χ2n) is 4.69. The molecular formula is C14H16FNO4. The molecular weight excluding hydrogens is 265 g/mol. The van der Waals surface area contributed by atoms with Gasteiger partial charge in [0.15, 0.2) is 0 Å². The highest BCUT2D eigenvalue weighted by Gasteiger charge is 2.41. The summed E-state index contributed by atoms with van der Waals surface area (Å²) in [6.07, 6.45) is -0.412. The zero-order valence-corrected chi connectivity index (χ0v) is 10.9. The normalized spacial score (nSPS) is 21.8. The van der Waals surface area contributed by atoms with Gasteiger partial charge >= 0.3 is 12.1 Å². The zero-order chi connectivity index (χ0) is 14.5. The fraction of sp³-hybridized carbons (Fsp3) is 0.429. The van der Waals surface area contributed by atoms with Gasteiger partial charge in [0.05, 0.1) is 12.0 Å². The van der Waals surface area contributed by atoms with Gasteiger partial charge in [-0.2, -0.15) is 0 Å². The predicted molar refractivity (Wildman–Crippen MR) is 68.8 cm³/mol. The molecule has 0 spiro atoms. The summed E-state index contributed by atoms with van der Waals surface area (Å²) >= 11 is 0. The lowest BCUT2D eigenvalue weighted by molar-refractivity contribution is -0.142. The monoisotopic (exact) mass is 281 g/mol. The summed E-state index contributed by atoms with van der Waals surface area (Å²) in [5.74, 6) is -1.93. The molecule has 1 saturated heterocycles. The van der Waals surface area contributed by atoms with Crippen molar-refractivity contribution < 1.29 is 23.8 Å². The standard InChI is InChI=1S/C14H16FNO4/c15-8-12-11(13(17)18)6-7-16(12)14(19)20-9-10-4-2-1-3-5-10/h1-5,11-12H,6-9H2,(H,17,18)/t11-,12+/m1/s1. The molecule has 1 aliphatic rings. The number of carboxylic acids is 1. The van der Waals surface area contributed by atoms with Crippen molar-refractivity contribution >= 4 is 12.1 Å². The average molecular weight is 281 g/mol. The summed E-state index contributed by atoms with van der Waals surface area (Å²) in [6, 6.07) is 8.18. The van der Waals surface area contributed by atoms with Crippen LogP contribution in [-0.4, -0.2) is 41.3 Å². The Balaban J connectivity index is 1.94. The molecule has 108 valence electrons. The molecule has 0 saturated carbocycles. The van der Waals surface area contributed by atoms with Crippen LogP contribution in [0.2, 0.25) is 0 Å². The highest BCUT2D eigenvalue weighted by atomic mass is 19.1. The van der Waals surface area contributed by atoms with Gasteiger partial charge in [-0.05, 0) is 12.0 Å². The van der Waals surface area contributed by atoms with E-state index < -0.39 is 30.7 Å². The summed E-state index contributed by atoms with van der Waals surface area (Å²) in [6.45, 7) is -0.580. The molecule has 1 aromatic carbocycles. The number of rotatable bonds is 4. The number of nitrogens with zero attached hydrogens (tertiary/aromatic N) is 1. The number of carbonyl (C=O) groups excluding carboxylic acids is 1.